The molecule has 1 aliphatic rings. The van der Waals surface area contributed by atoms with Gasteiger partial charge in [0, 0.05) is 13.1 Å². The number of piperidine rings is 1. The molecule has 0 bridgehead atoms. The lowest BCUT2D eigenvalue weighted by atomic mass is 9.97. The van der Waals surface area contributed by atoms with Crippen molar-refractivity contribution in [3.63, 3.8) is 0 Å². The van der Waals surface area contributed by atoms with E-state index in [1.807, 2.05) is 11.9 Å². The van der Waals surface area contributed by atoms with Crippen molar-refractivity contribution in [3.8, 4) is 0 Å². The highest BCUT2D eigenvalue weighted by Crippen LogP contribution is 2.15. The van der Waals surface area contributed by atoms with Crippen LogP contribution in [0.15, 0.2) is 0 Å². The molecule has 4 N–H and O–H groups in total. The van der Waals surface area contributed by atoms with Crippen LogP contribution in [-0.2, 0) is 0 Å². The third-order valence-corrected chi connectivity index (χ3v) is 2.45. The Bertz CT molecular complexity index is 149. The predicted octanol–water partition coefficient (Wildman–Crippen LogP) is -0.189. The monoisotopic (exact) mass is 170 g/mol. The topological polar surface area (TPSA) is 65.1 Å². The predicted molar refractivity (Wildman–Crippen MR) is 50.1 cm³/mol. The second-order valence-corrected chi connectivity index (χ2v) is 3.37. The van der Waals surface area contributed by atoms with Crippen molar-refractivity contribution >= 4 is 5.96 Å². The summed E-state index contributed by atoms with van der Waals surface area (Å²) in [5, 5.41) is 10.4. The fourth-order valence-electron chi connectivity index (χ4n) is 1.67. The minimum Gasteiger partial charge on any atom is -0.370 e. The van der Waals surface area contributed by atoms with Gasteiger partial charge in [0.2, 0.25) is 0 Å². The fraction of sp³-hybridized carbons (Fsp3) is 0.875. The van der Waals surface area contributed by atoms with Crippen LogP contribution in [-0.4, -0.2) is 37.5 Å². The van der Waals surface area contributed by atoms with E-state index in [-0.39, 0.29) is 5.96 Å². The molecule has 0 aromatic heterocycles. The first-order valence-electron chi connectivity index (χ1n) is 4.47. The van der Waals surface area contributed by atoms with Crippen molar-refractivity contribution < 1.29 is 0 Å². The van der Waals surface area contributed by atoms with E-state index in [0.717, 1.165) is 38.4 Å². The van der Waals surface area contributed by atoms with Gasteiger partial charge in [0.15, 0.2) is 5.96 Å². The van der Waals surface area contributed by atoms with Crippen LogP contribution >= 0.6 is 0 Å². The molecule has 12 heavy (non-hydrogen) atoms. The van der Waals surface area contributed by atoms with Crippen LogP contribution in [0.2, 0.25) is 0 Å². The van der Waals surface area contributed by atoms with Crippen LogP contribution in [0.1, 0.15) is 12.8 Å². The van der Waals surface area contributed by atoms with Crippen molar-refractivity contribution in [2.45, 2.75) is 12.8 Å². The van der Waals surface area contributed by atoms with E-state index in [4.69, 9.17) is 11.1 Å². The molecular formula is C8H18N4. The molecule has 0 radical (unpaired) electrons. The average molecular weight is 170 g/mol. The number of rotatable bonds is 2. The van der Waals surface area contributed by atoms with Gasteiger partial charge in [-0.1, -0.05) is 0 Å². The molecular weight excluding hydrogens is 152 g/mol. The van der Waals surface area contributed by atoms with E-state index in [0.29, 0.717) is 0 Å². The standard InChI is InChI=1S/C8H18N4/c1-11-6-7-2-4-12(5-3-7)8(9)10/h7,11H,2-6H2,1H3,(H3,9,10). The lowest BCUT2D eigenvalue weighted by Crippen LogP contribution is -2.43. The highest BCUT2D eigenvalue weighted by molar-refractivity contribution is 5.74. The molecule has 1 heterocycles. The highest BCUT2D eigenvalue weighted by atomic mass is 15.2. The quantitative estimate of drug-likeness (QED) is 0.397. The van der Waals surface area contributed by atoms with Crippen LogP contribution in [0.25, 0.3) is 0 Å². The van der Waals surface area contributed by atoms with Crippen LogP contribution in [0.5, 0.6) is 0 Å². The molecule has 0 unspecified atom stereocenters. The summed E-state index contributed by atoms with van der Waals surface area (Å²) in [5.41, 5.74) is 5.38. The maximum atomic E-state index is 7.24. The molecule has 1 aliphatic heterocycles. The smallest absolute Gasteiger partial charge is 0.188 e. The number of nitrogens with one attached hydrogen (secondary N) is 2. The van der Waals surface area contributed by atoms with E-state index in [1.54, 1.807) is 0 Å². The largest absolute Gasteiger partial charge is 0.370 e. The first-order chi connectivity index (χ1) is 5.74. The number of hydrogen-bond acceptors (Lipinski definition) is 2. The van der Waals surface area contributed by atoms with Crippen molar-refractivity contribution in [2.75, 3.05) is 26.7 Å². The van der Waals surface area contributed by atoms with E-state index in [9.17, 15) is 0 Å². The third-order valence-electron chi connectivity index (χ3n) is 2.45. The normalized spacial score (nSPS) is 19.6. The van der Waals surface area contributed by atoms with Gasteiger partial charge in [-0.15, -0.1) is 0 Å². The Kier molecular flexibility index (Phi) is 3.34. The molecule has 0 aliphatic carbocycles. The van der Waals surface area contributed by atoms with E-state index in [1.165, 1.54) is 0 Å². The van der Waals surface area contributed by atoms with Crippen LogP contribution in [0, 0.1) is 11.3 Å². The molecule has 0 atom stereocenters. The third kappa shape index (κ3) is 2.37. The number of nitrogens with zero attached hydrogens (tertiary/aromatic N) is 1. The Balaban J connectivity index is 2.25. The summed E-state index contributed by atoms with van der Waals surface area (Å²) in [5.74, 6) is 0.989. The lowest BCUT2D eigenvalue weighted by molar-refractivity contribution is 0.260. The maximum Gasteiger partial charge on any atom is 0.188 e. The van der Waals surface area contributed by atoms with Gasteiger partial charge in [-0.25, -0.2) is 0 Å². The zero-order chi connectivity index (χ0) is 8.97. The van der Waals surface area contributed by atoms with Crippen LogP contribution < -0.4 is 11.1 Å². The van der Waals surface area contributed by atoms with Crippen molar-refractivity contribution in [2.24, 2.45) is 11.7 Å². The molecule has 4 heteroatoms. The SMILES string of the molecule is CNCC1CCN(C(=N)N)CC1. The minimum atomic E-state index is 0.220. The second kappa shape index (κ2) is 4.30. The van der Waals surface area contributed by atoms with Gasteiger partial charge in [-0.3, -0.25) is 5.41 Å². The van der Waals surface area contributed by atoms with Gasteiger partial charge in [-0.05, 0) is 32.4 Å². The zero-order valence-corrected chi connectivity index (χ0v) is 7.64. The molecule has 4 nitrogen and oxygen atoms in total. The first kappa shape index (κ1) is 9.32. The summed E-state index contributed by atoms with van der Waals surface area (Å²) >= 11 is 0. The Hall–Kier alpha value is -0.770. The summed E-state index contributed by atoms with van der Waals surface area (Å²) in [6.45, 7) is 2.98. The van der Waals surface area contributed by atoms with Crippen molar-refractivity contribution in [1.29, 1.82) is 5.41 Å². The molecule has 70 valence electrons. The number of hydrogen-bond donors (Lipinski definition) is 3. The van der Waals surface area contributed by atoms with E-state index >= 15 is 0 Å². The summed E-state index contributed by atoms with van der Waals surface area (Å²) in [7, 11) is 1.98. The molecule has 0 amide bonds. The summed E-state index contributed by atoms with van der Waals surface area (Å²) < 4.78 is 0. The average Bonchev–Trinajstić information content (AvgIpc) is 2.06. The van der Waals surface area contributed by atoms with Gasteiger partial charge >= 0.3 is 0 Å². The molecule has 1 fully saturated rings. The molecule has 1 rings (SSSR count). The molecule has 0 saturated carbocycles. The van der Waals surface area contributed by atoms with Gasteiger partial charge in [-0.2, -0.15) is 0 Å². The summed E-state index contributed by atoms with van der Waals surface area (Å²) in [6, 6.07) is 0. The van der Waals surface area contributed by atoms with Crippen LogP contribution in [0.4, 0.5) is 0 Å². The number of likely N-dealkylation sites (tertiary alicyclic amines) is 1. The lowest BCUT2D eigenvalue weighted by Gasteiger charge is -2.31. The Morgan fingerprint density at radius 1 is 1.58 bits per heavy atom. The van der Waals surface area contributed by atoms with E-state index in [2.05, 4.69) is 5.32 Å². The molecule has 0 aromatic rings. The highest BCUT2D eigenvalue weighted by Gasteiger charge is 2.18. The van der Waals surface area contributed by atoms with Crippen molar-refractivity contribution in [1.82, 2.24) is 10.2 Å². The summed E-state index contributed by atoms with van der Waals surface area (Å²) in [4.78, 5) is 1.94. The van der Waals surface area contributed by atoms with Crippen LogP contribution in [0.3, 0.4) is 0 Å². The van der Waals surface area contributed by atoms with Gasteiger partial charge < -0.3 is 16.0 Å². The van der Waals surface area contributed by atoms with Gasteiger partial charge in [0.25, 0.3) is 0 Å². The molecule has 0 aromatic carbocycles. The molecule has 1 saturated heterocycles. The molecule has 0 spiro atoms. The summed E-state index contributed by atoms with van der Waals surface area (Å²) in [6.07, 6.45) is 2.31. The zero-order valence-electron chi connectivity index (χ0n) is 7.64. The Morgan fingerprint density at radius 2 is 2.17 bits per heavy atom. The Labute approximate surface area is 73.6 Å². The Morgan fingerprint density at radius 3 is 2.58 bits per heavy atom. The second-order valence-electron chi connectivity index (χ2n) is 3.37. The van der Waals surface area contributed by atoms with E-state index < -0.39 is 0 Å². The van der Waals surface area contributed by atoms with Gasteiger partial charge in [0.1, 0.15) is 0 Å². The number of nitrogens with two attached hydrogens (primary N) is 1. The van der Waals surface area contributed by atoms with Gasteiger partial charge in [0.05, 0.1) is 0 Å². The fourth-order valence-corrected chi connectivity index (χ4v) is 1.67. The maximum absolute atomic E-state index is 7.24. The first-order valence-corrected chi connectivity index (χ1v) is 4.47. The van der Waals surface area contributed by atoms with Crippen molar-refractivity contribution in [3.05, 3.63) is 0 Å². The number of guanidine groups is 1. The minimum absolute atomic E-state index is 0.220.